The molecule has 2 rings (SSSR count). The third kappa shape index (κ3) is 13.6. The number of nitrogens with zero attached hydrogens (tertiary/aromatic N) is 6. The van der Waals surface area contributed by atoms with E-state index in [1.165, 1.54) is 70.5 Å². The number of rotatable bonds is 19. The van der Waals surface area contributed by atoms with Gasteiger partial charge in [0.1, 0.15) is 34.8 Å². The Balaban J connectivity index is 1.98. The molecule has 0 aliphatic rings. The van der Waals surface area contributed by atoms with Gasteiger partial charge in [-0.2, -0.15) is 38.6 Å². The number of benzene rings is 2. The lowest BCUT2D eigenvalue weighted by Crippen LogP contribution is -2.34. The van der Waals surface area contributed by atoms with Crippen LogP contribution in [0.4, 0.5) is 17.6 Å². The maximum atomic E-state index is 13.1. The van der Waals surface area contributed by atoms with Crippen molar-refractivity contribution < 1.29 is 36.6 Å². The fourth-order valence-corrected chi connectivity index (χ4v) is 4.41. The SMILES string of the molecule is N#CCCN(CCCCCCN(CCC#N)C(=O)/C(C#N)=C/c1ccc(OC(F)F)cc1)C(=O)/C(C#N)=C/c1ccc(OC(F)F)cc1. The van der Waals surface area contributed by atoms with Gasteiger partial charge in [-0.25, -0.2) is 0 Å². The maximum Gasteiger partial charge on any atom is 0.387 e. The van der Waals surface area contributed by atoms with Crippen LogP contribution < -0.4 is 9.47 Å². The molecule has 14 heteroatoms. The van der Waals surface area contributed by atoms with Crippen LogP contribution in [0.15, 0.2) is 59.7 Å². The quantitative estimate of drug-likeness (QED) is 0.0719. The first kappa shape index (κ1) is 38.3. The molecule has 0 saturated carbocycles. The lowest BCUT2D eigenvalue weighted by molar-refractivity contribution is -0.127. The minimum Gasteiger partial charge on any atom is -0.435 e. The molecule has 0 aliphatic carbocycles. The van der Waals surface area contributed by atoms with Crippen molar-refractivity contribution in [3.63, 3.8) is 0 Å². The number of nitriles is 4. The molecule has 0 fully saturated rings. The molecule has 0 aliphatic heterocycles. The molecule has 0 N–H and O–H groups in total. The summed E-state index contributed by atoms with van der Waals surface area (Å²) in [5, 5.41) is 37.4. The van der Waals surface area contributed by atoms with Gasteiger partial charge in [0.25, 0.3) is 11.8 Å². The zero-order chi connectivity index (χ0) is 35.3. The minimum atomic E-state index is -2.99. The molecule has 250 valence electrons. The molecular formula is C34H32F4N6O4. The van der Waals surface area contributed by atoms with Gasteiger partial charge in [-0.05, 0) is 60.4 Å². The Labute approximate surface area is 275 Å². The summed E-state index contributed by atoms with van der Waals surface area (Å²) < 4.78 is 58.2. The maximum absolute atomic E-state index is 13.1. The van der Waals surface area contributed by atoms with Crippen molar-refractivity contribution in [2.45, 2.75) is 51.7 Å². The van der Waals surface area contributed by atoms with Gasteiger partial charge in [-0.3, -0.25) is 9.59 Å². The molecular weight excluding hydrogens is 632 g/mol. The highest BCUT2D eigenvalue weighted by Crippen LogP contribution is 2.19. The highest BCUT2D eigenvalue weighted by Gasteiger charge is 2.20. The van der Waals surface area contributed by atoms with Crippen LogP contribution in [0, 0.1) is 45.3 Å². The predicted molar refractivity (Wildman–Crippen MR) is 165 cm³/mol. The zero-order valence-corrected chi connectivity index (χ0v) is 25.8. The summed E-state index contributed by atoms with van der Waals surface area (Å²) in [4.78, 5) is 29.0. The van der Waals surface area contributed by atoms with Crippen LogP contribution in [-0.2, 0) is 9.59 Å². The van der Waals surface area contributed by atoms with Crippen LogP contribution in [0.3, 0.4) is 0 Å². The van der Waals surface area contributed by atoms with Crippen molar-refractivity contribution in [1.29, 1.82) is 21.0 Å². The smallest absolute Gasteiger partial charge is 0.387 e. The van der Waals surface area contributed by atoms with Crippen molar-refractivity contribution in [1.82, 2.24) is 9.80 Å². The summed E-state index contributed by atoms with van der Waals surface area (Å²) in [6.45, 7) is -5.29. The Bertz CT molecular complexity index is 1460. The molecule has 10 nitrogen and oxygen atoms in total. The van der Waals surface area contributed by atoms with Crippen molar-refractivity contribution >= 4 is 24.0 Å². The van der Waals surface area contributed by atoms with Gasteiger partial charge >= 0.3 is 13.2 Å². The highest BCUT2D eigenvalue weighted by atomic mass is 19.3. The fraction of sp³-hybridized carbons (Fsp3) is 0.353. The van der Waals surface area contributed by atoms with Gasteiger partial charge in [-0.15, -0.1) is 0 Å². The first-order chi connectivity index (χ1) is 23.1. The topological polar surface area (TPSA) is 154 Å². The number of unbranched alkanes of at least 4 members (excludes halogenated alkanes) is 3. The van der Waals surface area contributed by atoms with E-state index in [9.17, 15) is 37.7 Å². The molecule has 0 heterocycles. The van der Waals surface area contributed by atoms with E-state index in [1.807, 2.05) is 24.3 Å². The monoisotopic (exact) mass is 664 g/mol. The van der Waals surface area contributed by atoms with Crippen molar-refractivity contribution in [2.75, 3.05) is 26.2 Å². The van der Waals surface area contributed by atoms with E-state index in [0.717, 1.165) is 0 Å². The second-order valence-electron chi connectivity index (χ2n) is 10.0. The van der Waals surface area contributed by atoms with Crippen molar-refractivity contribution in [3.8, 4) is 35.8 Å². The molecule has 2 aromatic carbocycles. The van der Waals surface area contributed by atoms with E-state index in [4.69, 9.17) is 10.5 Å². The van der Waals surface area contributed by atoms with Gasteiger partial charge < -0.3 is 19.3 Å². The van der Waals surface area contributed by atoms with E-state index in [0.29, 0.717) is 36.8 Å². The largest absolute Gasteiger partial charge is 0.435 e. The number of carbonyl (C=O) groups is 2. The lowest BCUT2D eigenvalue weighted by atomic mass is 10.1. The molecule has 2 aromatic rings. The molecule has 2 amide bonds. The number of alkyl halides is 4. The van der Waals surface area contributed by atoms with Crippen LogP contribution in [0.1, 0.15) is 49.7 Å². The van der Waals surface area contributed by atoms with E-state index >= 15 is 0 Å². The summed E-state index contributed by atoms with van der Waals surface area (Å²) in [5.41, 5.74) is 0.454. The van der Waals surface area contributed by atoms with Crippen molar-refractivity contribution in [3.05, 3.63) is 70.8 Å². The summed E-state index contributed by atoms with van der Waals surface area (Å²) in [6, 6.07) is 18.5. The molecule has 0 atom stereocenters. The summed E-state index contributed by atoms with van der Waals surface area (Å²) >= 11 is 0. The summed E-state index contributed by atoms with van der Waals surface area (Å²) in [6.07, 6.45) is 5.03. The van der Waals surface area contributed by atoms with Crippen LogP contribution in [0.5, 0.6) is 11.5 Å². The molecule has 0 unspecified atom stereocenters. The normalized spacial score (nSPS) is 11.2. The van der Waals surface area contributed by atoms with E-state index in [2.05, 4.69) is 9.47 Å². The number of amides is 2. The van der Waals surface area contributed by atoms with E-state index in [-0.39, 0.29) is 61.7 Å². The highest BCUT2D eigenvalue weighted by molar-refractivity contribution is 6.02. The van der Waals surface area contributed by atoms with Crippen molar-refractivity contribution in [2.24, 2.45) is 0 Å². The molecule has 0 bridgehead atoms. The molecule has 0 radical (unpaired) electrons. The van der Waals surface area contributed by atoms with Gasteiger partial charge in [-0.1, -0.05) is 37.1 Å². The number of carbonyl (C=O) groups excluding carboxylic acids is 2. The van der Waals surface area contributed by atoms with Crippen LogP contribution in [-0.4, -0.2) is 61.0 Å². The molecule has 0 spiro atoms. The number of hydrogen-bond acceptors (Lipinski definition) is 8. The van der Waals surface area contributed by atoms with Crippen LogP contribution in [0.2, 0.25) is 0 Å². The first-order valence-corrected chi connectivity index (χ1v) is 14.8. The summed E-state index contributed by atoms with van der Waals surface area (Å²) in [5.74, 6) is -1.31. The number of ether oxygens (including phenoxy) is 2. The van der Waals surface area contributed by atoms with E-state index < -0.39 is 25.0 Å². The third-order valence-corrected chi connectivity index (χ3v) is 6.70. The first-order valence-electron chi connectivity index (χ1n) is 14.8. The standard InChI is InChI=1S/C34H32F4N6O4/c35-33(36)47-29-11-7-25(8-12-29)21-27(23-41)31(45)43(19-5-15-39)17-3-1-2-4-18-44(20-6-16-40)32(46)28(24-42)22-26-9-13-30(14-10-26)48-34(37)38/h7-14,21-22,33-34H,1-6,17-20H2/b27-21+,28-22+. The Kier molecular flexibility index (Phi) is 16.8. The van der Waals surface area contributed by atoms with Crippen LogP contribution >= 0.6 is 0 Å². The molecule has 48 heavy (non-hydrogen) atoms. The Morgan fingerprint density at radius 1 is 0.604 bits per heavy atom. The Morgan fingerprint density at radius 3 is 1.25 bits per heavy atom. The van der Waals surface area contributed by atoms with Gasteiger partial charge in [0.2, 0.25) is 0 Å². The summed E-state index contributed by atoms with van der Waals surface area (Å²) in [7, 11) is 0. The fourth-order valence-electron chi connectivity index (χ4n) is 4.41. The van der Waals surface area contributed by atoms with Gasteiger partial charge in [0, 0.05) is 26.2 Å². The second kappa shape index (κ2) is 21.0. The molecule has 0 saturated heterocycles. The Morgan fingerprint density at radius 2 is 0.958 bits per heavy atom. The zero-order valence-electron chi connectivity index (χ0n) is 25.8. The minimum absolute atomic E-state index is 0.0441. The number of hydrogen-bond donors (Lipinski definition) is 0. The van der Waals surface area contributed by atoms with Gasteiger partial charge in [0.05, 0.1) is 25.0 Å². The van der Waals surface area contributed by atoms with Crippen LogP contribution in [0.25, 0.3) is 12.2 Å². The van der Waals surface area contributed by atoms with E-state index in [1.54, 1.807) is 0 Å². The lowest BCUT2D eigenvalue weighted by Gasteiger charge is -2.22. The Hall–Kier alpha value is -5.86. The molecule has 0 aromatic heterocycles. The number of halogens is 4. The predicted octanol–water partition coefficient (Wildman–Crippen LogP) is 6.45. The van der Waals surface area contributed by atoms with Gasteiger partial charge in [0.15, 0.2) is 0 Å². The second-order valence-corrected chi connectivity index (χ2v) is 10.0. The average Bonchev–Trinajstić information content (AvgIpc) is 3.07. The third-order valence-electron chi connectivity index (χ3n) is 6.70. The average molecular weight is 665 g/mol.